The van der Waals surface area contributed by atoms with Gasteiger partial charge < -0.3 is 0 Å². The van der Waals surface area contributed by atoms with Crippen LogP contribution in [-0.2, 0) is 19.3 Å². The highest BCUT2D eigenvalue weighted by atomic mass is 32.1. The molecule has 0 atom stereocenters. The molecule has 1 aromatic heterocycles. The van der Waals surface area contributed by atoms with Crippen LogP contribution < -0.4 is 0 Å². The van der Waals surface area contributed by atoms with Crippen LogP contribution in [0.1, 0.15) is 43.5 Å². The maximum Gasteiger partial charge on any atom is 0.169 e. The van der Waals surface area contributed by atoms with E-state index in [1.54, 1.807) is 11.3 Å². The van der Waals surface area contributed by atoms with Crippen molar-refractivity contribution >= 4 is 17.1 Å². The van der Waals surface area contributed by atoms with Gasteiger partial charge in [0, 0.05) is 10.4 Å². The Morgan fingerprint density at radius 3 is 2.79 bits per heavy atom. The molecule has 2 nitrogen and oxygen atoms in total. The Hall–Kier alpha value is -1.48. The third kappa shape index (κ3) is 2.47. The molecule has 1 heterocycles. The van der Waals surface area contributed by atoms with Crippen LogP contribution >= 0.6 is 11.3 Å². The van der Waals surface area contributed by atoms with Gasteiger partial charge in [-0.3, -0.25) is 4.79 Å². The third-order valence-electron chi connectivity index (χ3n) is 3.81. The summed E-state index contributed by atoms with van der Waals surface area (Å²) in [5.74, 6) is 0.184. The van der Waals surface area contributed by atoms with Gasteiger partial charge in [0.05, 0.1) is 12.1 Å². The van der Waals surface area contributed by atoms with Gasteiger partial charge in [-0.2, -0.15) is 0 Å². The van der Waals surface area contributed by atoms with Crippen molar-refractivity contribution in [3.05, 3.63) is 50.5 Å². The van der Waals surface area contributed by atoms with Crippen LogP contribution in [0.2, 0.25) is 0 Å². The second-order valence-electron chi connectivity index (χ2n) is 5.19. The Labute approximate surface area is 117 Å². The van der Waals surface area contributed by atoms with Gasteiger partial charge in [-0.25, -0.2) is 4.98 Å². The van der Waals surface area contributed by atoms with Crippen LogP contribution in [0, 0.1) is 13.8 Å². The second-order valence-corrected chi connectivity index (χ2v) is 6.47. The molecule has 0 radical (unpaired) electrons. The maximum absolute atomic E-state index is 12.3. The molecular formula is C16H17NOS. The summed E-state index contributed by atoms with van der Waals surface area (Å²) in [7, 11) is 0. The average Bonchev–Trinajstić information content (AvgIpc) is 2.96. The number of aryl methyl sites for hydroxylation is 4. The molecule has 3 heteroatoms. The minimum atomic E-state index is 0.184. The zero-order valence-electron chi connectivity index (χ0n) is 11.3. The van der Waals surface area contributed by atoms with Crippen molar-refractivity contribution in [2.45, 2.75) is 39.5 Å². The van der Waals surface area contributed by atoms with E-state index < -0.39 is 0 Å². The Morgan fingerprint density at radius 2 is 2.05 bits per heavy atom. The molecule has 0 unspecified atom stereocenters. The summed E-state index contributed by atoms with van der Waals surface area (Å²) in [5.41, 5.74) is 4.66. The van der Waals surface area contributed by atoms with Gasteiger partial charge in [-0.05, 0) is 50.3 Å². The number of fused-ring (bicyclic) bond motifs is 1. The molecule has 0 bridgehead atoms. The zero-order chi connectivity index (χ0) is 13.4. The highest BCUT2D eigenvalue weighted by Crippen LogP contribution is 2.24. The number of nitrogens with zero attached hydrogens (tertiary/aromatic N) is 1. The predicted molar refractivity (Wildman–Crippen MR) is 78.1 cm³/mol. The van der Waals surface area contributed by atoms with E-state index in [2.05, 4.69) is 24.0 Å². The number of hydrogen-bond donors (Lipinski definition) is 0. The topological polar surface area (TPSA) is 30.0 Å². The third-order valence-corrected chi connectivity index (χ3v) is 4.88. The van der Waals surface area contributed by atoms with Gasteiger partial charge in [0.15, 0.2) is 5.78 Å². The maximum atomic E-state index is 12.3. The Morgan fingerprint density at radius 1 is 1.26 bits per heavy atom. The number of ketones is 1. The summed E-state index contributed by atoms with van der Waals surface area (Å²) in [6.07, 6.45) is 3.93. The van der Waals surface area contributed by atoms with Crippen molar-refractivity contribution in [2.24, 2.45) is 0 Å². The van der Waals surface area contributed by atoms with Crippen molar-refractivity contribution in [1.29, 1.82) is 0 Å². The van der Waals surface area contributed by atoms with Gasteiger partial charge in [0.2, 0.25) is 0 Å². The van der Waals surface area contributed by atoms with Crippen molar-refractivity contribution in [1.82, 2.24) is 4.98 Å². The molecule has 0 aliphatic heterocycles. The molecule has 1 aromatic carbocycles. The number of carbonyl (C=O) groups is 1. The molecule has 0 saturated heterocycles. The van der Waals surface area contributed by atoms with Crippen LogP contribution in [0.4, 0.5) is 0 Å². The Kier molecular flexibility index (Phi) is 3.23. The van der Waals surface area contributed by atoms with E-state index in [1.807, 2.05) is 13.0 Å². The van der Waals surface area contributed by atoms with Crippen LogP contribution in [-0.4, -0.2) is 10.8 Å². The van der Waals surface area contributed by atoms with Crippen LogP contribution in [0.25, 0.3) is 0 Å². The number of rotatable bonds is 3. The molecule has 0 N–H and O–H groups in total. The monoisotopic (exact) mass is 271 g/mol. The number of hydrogen-bond acceptors (Lipinski definition) is 3. The predicted octanol–water partition coefficient (Wildman–Crippen LogP) is 3.67. The average molecular weight is 271 g/mol. The largest absolute Gasteiger partial charge is 0.294 e. The smallest absolute Gasteiger partial charge is 0.169 e. The Bertz CT molecular complexity index is 623. The van der Waals surface area contributed by atoms with E-state index in [-0.39, 0.29) is 5.78 Å². The highest BCUT2D eigenvalue weighted by Gasteiger charge is 2.15. The first-order valence-electron chi connectivity index (χ1n) is 6.71. The van der Waals surface area contributed by atoms with Crippen LogP contribution in [0.5, 0.6) is 0 Å². The standard InChI is InChI=1S/C16H17NOS/c1-10-11(2)19-16(17-10)9-15(18)14-7-6-12-4-3-5-13(12)8-14/h6-8H,3-5,9H2,1-2H3. The van der Waals surface area contributed by atoms with Crippen molar-refractivity contribution in [3.63, 3.8) is 0 Å². The van der Waals surface area contributed by atoms with Gasteiger partial charge in [-0.15, -0.1) is 11.3 Å². The normalized spacial score (nSPS) is 13.6. The first kappa shape index (κ1) is 12.5. The van der Waals surface area contributed by atoms with E-state index >= 15 is 0 Å². The van der Waals surface area contributed by atoms with E-state index in [4.69, 9.17) is 0 Å². The fourth-order valence-electron chi connectivity index (χ4n) is 2.60. The van der Waals surface area contributed by atoms with Crippen molar-refractivity contribution < 1.29 is 4.79 Å². The highest BCUT2D eigenvalue weighted by molar-refractivity contribution is 7.11. The molecule has 1 aliphatic rings. The summed E-state index contributed by atoms with van der Waals surface area (Å²) in [6.45, 7) is 4.05. The lowest BCUT2D eigenvalue weighted by Gasteiger charge is -2.03. The number of benzene rings is 1. The molecule has 19 heavy (non-hydrogen) atoms. The van der Waals surface area contributed by atoms with Gasteiger partial charge in [-0.1, -0.05) is 12.1 Å². The van der Waals surface area contributed by atoms with Gasteiger partial charge in [0.25, 0.3) is 0 Å². The van der Waals surface area contributed by atoms with E-state index in [0.717, 1.165) is 29.1 Å². The summed E-state index contributed by atoms with van der Waals surface area (Å²) in [6, 6.07) is 6.17. The van der Waals surface area contributed by atoms with E-state index in [0.29, 0.717) is 6.42 Å². The summed E-state index contributed by atoms with van der Waals surface area (Å²) in [5, 5.41) is 0.931. The van der Waals surface area contributed by atoms with E-state index in [1.165, 1.54) is 22.4 Å². The molecule has 2 aromatic rings. The first-order chi connectivity index (χ1) is 9.13. The SMILES string of the molecule is Cc1nc(CC(=O)c2ccc3c(c2)CCC3)sc1C. The number of aromatic nitrogens is 1. The number of carbonyl (C=O) groups excluding carboxylic acids is 1. The molecule has 0 amide bonds. The van der Waals surface area contributed by atoms with Crippen LogP contribution in [0.15, 0.2) is 18.2 Å². The van der Waals surface area contributed by atoms with E-state index in [9.17, 15) is 4.79 Å². The molecule has 98 valence electrons. The summed E-state index contributed by atoms with van der Waals surface area (Å²) in [4.78, 5) is 18.0. The minimum absolute atomic E-state index is 0.184. The minimum Gasteiger partial charge on any atom is -0.294 e. The first-order valence-corrected chi connectivity index (χ1v) is 7.53. The zero-order valence-corrected chi connectivity index (χ0v) is 12.1. The molecule has 0 fully saturated rings. The lowest BCUT2D eigenvalue weighted by Crippen LogP contribution is -2.04. The fourth-order valence-corrected chi connectivity index (χ4v) is 3.53. The second kappa shape index (κ2) is 4.89. The van der Waals surface area contributed by atoms with Gasteiger partial charge in [0.1, 0.15) is 5.01 Å². The molecular weight excluding hydrogens is 254 g/mol. The molecule has 1 aliphatic carbocycles. The Balaban J connectivity index is 1.80. The fraction of sp³-hybridized carbons (Fsp3) is 0.375. The molecule has 0 saturated carbocycles. The molecule has 3 rings (SSSR count). The van der Waals surface area contributed by atoms with Gasteiger partial charge >= 0.3 is 0 Å². The molecule has 0 spiro atoms. The summed E-state index contributed by atoms with van der Waals surface area (Å²) >= 11 is 1.63. The van der Waals surface area contributed by atoms with Crippen molar-refractivity contribution in [3.8, 4) is 0 Å². The number of thiazole rings is 1. The van der Waals surface area contributed by atoms with Crippen LogP contribution in [0.3, 0.4) is 0 Å². The lowest BCUT2D eigenvalue weighted by molar-refractivity contribution is 0.0993. The quantitative estimate of drug-likeness (QED) is 0.797. The van der Waals surface area contributed by atoms with Crippen molar-refractivity contribution in [2.75, 3.05) is 0 Å². The summed E-state index contributed by atoms with van der Waals surface area (Å²) < 4.78 is 0. The lowest BCUT2D eigenvalue weighted by atomic mass is 10.0. The number of Topliss-reactive ketones (excluding diaryl/α,β-unsaturated/α-hetero) is 1.